The van der Waals surface area contributed by atoms with Crippen LogP contribution in [0.2, 0.25) is 0 Å². The second-order valence-electron chi connectivity index (χ2n) is 7.79. The number of aryl methyl sites for hydroxylation is 2. The summed E-state index contributed by atoms with van der Waals surface area (Å²) in [5, 5.41) is 10.1. The van der Waals surface area contributed by atoms with Crippen LogP contribution < -0.4 is 15.4 Å². The quantitative estimate of drug-likeness (QED) is 0.421. The normalized spacial score (nSPS) is 11.0. The summed E-state index contributed by atoms with van der Waals surface area (Å²) in [4.78, 5) is 23.0. The Morgan fingerprint density at radius 1 is 1.15 bits per heavy atom. The maximum absolute atomic E-state index is 14.7. The standard InChI is InChI=1S/C24H32FN7O2/c1-5-31(6-2)9-10-32-16-20(15-29-32)30-24-27-13-17(14-28-24)7-8-18-11-19(23(33)26-3)12-21(34-4)22(18)25/h11-16H,5-10H2,1-4H3,(H,26,33)(H,27,28,30). The van der Waals surface area contributed by atoms with Crippen molar-refractivity contribution >= 4 is 17.5 Å². The van der Waals surface area contributed by atoms with E-state index in [-0.39, 0.29) is 11.7 Å². The van der Waals surface area contributed by atoms with Crippen LogP contribution in [0, 0.1) is 5.82 Å². The van der Waals surface area contributed by atoms with E-state index >= 15 is 0 Å². The molecule has 3 aromatic rings. The Labute approximate surface area is 199 Å². The van der Waals surface area contributed by atoms with Crippen molar-refractivity contribution in [1.82, 2.24) is 30.0 Å². The fourth-order valence-corrected chi connectivity index (χ4v) is 3.55. The summed E-state index contributed by atoms with van der Waals surface area (Å²) in [6.45, 7) is 8.08. The number of hydrogen-bond acceptors (Lipinski definition) is 7. The number of benzene rings is 1. The molecule has 0 spiro atoms. The summed E-state index contributed by atoms with van der Waals surface area (Å²) in [6.07, 6.45) is 7.98. The second-order valence-corrected chi connectivity index (χ2v) is 7.79. The number of aromatic nitrogens is 4. The fraction of sp³-hybridized carbons (Fsp3) is 0.417. The molecule has 34 heavy (non-hydrogen) atoms. The molecule has 0 atom stereocenters. The van der Waals surface area contributed by atoms with E-state index in [9.17, 15) is 9.18 Å². The Kier molecular flexibility index (Phi) is 8.92. The molecule has 0 saturated carbocycles. The van der Waals surface area contributed by atoms with E-state index in [4.69, 9.17) is 4.74 Å². The third kappa shape index (κ3) is 6.50. The van der Waals surface area contributed by atoms with Crippen molar-refractivity contribution in [3.63, 3.8) is 0 Å². The molecule has 0 unspecified atom stereocenters. The monoisotopic (exact) mass is 469 g/mol. The molecule has 1 aromatic carbocycles. The Hall–Kier alpha value is -3.53. The largest absolute Gasteiger partial charge is 0.494 e. The molecule has 182 valence electrons. The summed E-state index contributed by atoms with van der Waals surface area (Å²) in [6, 6.07) is 2.94. The van der Waals surface area contributed by atoms with Crippen molar-refractivity contribution in [1.29, 1.82) is 0 Å². The molecule has 0 radical (unpaired) electrons. The van der Waals surface area contributed by atoms with E-state index in [2.05, 4.69) is 44.4 Å². The molecule has 3 rings (SSSR count). The molecule has 0 aliphatic heterocycles. The third-order valence-corrected chi connectivity index (χ3v) is 5.64. The summed E-state index contributed by atoms with van der Waals surface area (Å²) in [7, 11) is 2.91. The van der Waals surface area contributed by atoms with E-state index < -0.39 is 5.82 Å². The number of halogens is 1. The molecule has 2 aromatic heterocycles. The van der Waals surface area contributed by atoms with Crippen molar-refractivity contribution in [3.8, 4) is 5.75 Å². The minimum Gasteiger partial charge on any atom is -0.494 e. The summed E-state index contributed by atoms with van der Waals surface area (Å²) in [5.74, 6) is -0.256. The lowest BCUT2D eigenvalue weighted by atomic mass is 10.0. The van der Waals surface area contributed by atoms with Gasteiger partial charge in [-0.2, -0.15) is 5.10 Å². The van der Waals surface area contributed by atoms with Crippen LogP contribution in [0.25, 0.3) is 0 Å². The molecule has 0 fully saturated rings. The number of hydrogen-bond donors (Lipinski definition) is 2. The minimum atomic E-state index is -0.465. The highest BCUT2D eigenvalue weighted by Crippen LogP contribution is 2.24. The Morgan fingerprint density at radius 2 is 1.88 bits per heavy atom. The molecule has 9 nitrogen and oxygen atoms in total. The van der Waals surface area contributed by atoms with Gasteiger partial charge in [-0.1, -0.05) is 13.8 Å². The van der Waals surface area contributed by atoms with Gasteiger partial charge in [0.05, 0.1) is 25.5 Å². The van der Waals surface area contributed by atoms with E-state index in [1.807, 2.05) is 10.9 Å². The number of methoxy groups -OCH3 is 1. The van der Waals surface area contributed by atoms with E-state index in [1.54, 1.807) is 24.7 Å². The van der Waals surface area contributed by atoms with Gasteiger partial charge < -0.3 is 20.3 Å². The van der Waals surface area contributed by atoms with Gasteiger partial charge in [-0.05, 0) is 49.2 Å². The van der Waals surface area contributed by atoms with Crippen LogP contribution in [0.1, 0.15) is 35.3 Å². The highest BCUT2D eigenvalue weighted by molar-refractivity contribution is 5.94. The van der Waals surface area contributed by atoms with Crippen LogP contribution in [0.15, 0.2) is 36.9 Å². The highest BCUT2D eigenvalue weighted by atomic mass is 19.1. The van der Waals surface area contributed by atoms with Crippen LogP contribution >= 0.6 is 0 Å². The molecule has 0 bridgehead atoms. The van der Waals surface area contributed by atoms with Crippen LogP contribution in [0.5, 0.6) is 5.75 Å². The number of rotatable bonds is 12. The third-order valence-electron chi connectivity index (χ3n) is 5.64. The zero-order valence-corrected chi connectivity index (χ0v) is 20.1. The van der Waals surface area contributed by atoms with Gasteiger partial charge >= 0.3 is 0 Å². The Morgan fingerprint density at radius 3 is 2.53 bits per heavy atom. The smallest absolute Gasteiger partial charge is 0.251 e. The van der Waals surface area contributed by atoms with E-state index in [1.165, 1.54) is 20.2 Å². The predicted octanol–water partition coefficient (Wildman–Crippen LogP) is 3.05. The lowest BCUT2D eigenvalue weighted by Gasteiger charge is -2.17. The van der Waals surface area contributed by atoms with Crippen LogP contribution in [-0.4, -0.2) is 64.3 Å². The molecule has 0 aliphatic rings. The first-order chi connectivity index (χ1) is 16.5. The summed E-state index contributed by atoms with van der Waals surface area (Å²) < 4.78 is 21.6. The molecule has 0 saturated heterocycles. The van der Waals surface area contributed by atoms with Crippen molar-refractivity contribution in [2.24, 2.45) is 0 Å². The van der Waals surface area contributed by atoms with Gasteiger partial charge in [0, 0.05) is 37.7 Å². The first-order valence-electron chi connectivity index (χ1n) is 11.4. The molecule has 2 N–H and O–H groups in total. The van der Waals surface area contributed by atoms with Gasteiger partial charge in [-0.25, -0.2) is 14.4 Å². The molecular weight excluding hydrogens is 437 g/mol. The average Bonchev–Trinajstić information content (AvgIpc) is 3.31. The average molecular weight is 470 g/mol. The number of nitrogens with zero attached hydrogens (tertiary/aromatic N) is 5. The second kappa shape index (κ2) is 12.1. The Bertz CT molecular complexity index is 1080. The van der Waals surface area contributed by atoms with Gasteiger partial charge in [0.25, 0.3) is 5.91 Å². The van der Waals surface area contributed by atoms with Crippen molar-refractivity contribution < 1.29 is 13.9 Å². The van der Waals surface area contributed by atoms with Crippen LogP contribution in [0.3, 0.4) is 0 Å². The van der Waals surface area contributed by atoms with Gasteiger partial charge in [0.2, 0.25) is 5.95 Å². The highest BCUT2D eigenvalue weighted by Gasteiger charge is 2.15. The number of carbonyl (C=O) groups excluding carboxylic acids is 1. The van der Waals surface area contributed by atoms with E-state index in [0.29, 0.717) is 29.9 Å². The SMILES string of the molecule is CCN(CC)CCn1cc(Nc2ncc(CCc3cc(C(=O)NC)cc(OC)c3F)cn2)cn1. The molecular formula is C24H32FN7O2. The number of likely N-dealkylation sites (N-methyl/N-ethyl adjacent to an activating group) is 1. The van der Waals surface area contributed by atoms with E-state index in [0.717, 1.165) is 37.4 Å². The van der Waals surface area contributed by atoms with Gasteiger partial charge in [0.1, 0.15) is 0 Å². The first kappa shape index (κ1) is 25.1. The lowest BCUT2D eigenvalue weighted by molar-refractivity contribution is 0.0962. The zero-order chi connectivity index (χ0) is 24.5. The van der Waals surface area contributed by atoms with Crippen molar-refractivity contribution in [2.75, 3.05) is 39.1 Å². The molecule has 1 amide bonds. The van der Waals surface area contributed by atoms with Gasteiger partial charge in [-0.15, -0.1) is 0 Å². The summed E-state index contributed by atoms with van der Waals surface area (Å²) >= 11 is 0. The minimum absolute atomic E-state index is 0.0459. The lowest BCUT2D eigenvalue weighted by Crippen LogP contribution is -2.27. The maximum Gasteiger partial charge on any atom is 0.251 e. The fourth-order valence-electron chi connectivity index (χ4n) is 3.55. The molecule has 10 heteroatoms. The number of nitrogens with one attached hydrogen (secondary N) is 2. The predicted molar refractivity (Wildman–Crippen MR) is 129 cm³/mol. The number of ether oxygens (including phenoxy) is 1. The van der Waals surface area contributed by atoms with Crippen LogP contribution in [-0.2, 0) is 19.4 Å². The molecule has 0 aliphatic carbocycles. The summed E-state index contributed by atoms with van der Waals surface area (Å²) in [5.41, 5.74) is 2.41. The van der Waals surface area contributed by atoms with Gasteiger partial charge in [-0.3, -0.25) is 9.48 Å². The van der Waals surface area contributed by atoms with Crippen molar-refractivity contribution in [2.45, 2.75) is 33.2 Å². The Balaban J connectivity index is 1.59. The van der Waals surface area contributed by atoms with Crippen LogP contribution in [0.4, 0.5) is 16.0 Å². The zero-order valence-electron chi connectivity index (χ0n) is 20.1. The van der Waals surface area contributed by atoms with Crippen molar-refractivity contribution in [3.05, 3.63) is 59.4 Å². The molecule has 2 heterocycles. The number of amides is 1. The first-order valence-corrected chi connectivity index (χ1v) is 11.4. The maximum atomic E-state index is 14.7. The van der Waals surface area contributed by atoms with Gasteiger partial charge in [0.15, 0.2) is 11.6 Å². The number of anilines is 2. The number of carbonyl (C=O) groups is 1. The topological polar surface area (TPSA) is 97.2 Å².